The third-order valence-electron chi connectivity index (χ3n) is 5.52. The van der Waals surface area contributed by atoms with Gasteiger partial charge in [-0.05, 0) is 31.6 Å². The molecule has 4 saturated heterocycles. The lowest BCUT2D eigenvalue weighted by molar-refractivity contribution is -0.145. The van der Waals surface area contributed by atoms with Gasteiger partial charge in [-0.3, -0.25) is 9.59 Å². The summed E-state index contributed by atoms with van der Waals surface area (Å²) in [6.45, 7) is 1.87. The summed E-state index contributed by atoms with van der Waals surface area (Å²) in [5, 5.41) is 0. The molecule has 0 aliphatic carbocycles. The van der Waals surface area contributed by atoms with Gasteiger partial charge in [-0.1, -0.05) is 0 Å². The Morgan fingerprint density at radius 3 is 2.78 bits per heavy atom. The van der Waals surface area contributed by atoms with Gasteiger partial charge in [-0.25, -0.2) is 0 Å². The van der Waals surface area contributed by atoms with Crippen LogP contribution in [0.1, 0.15) is 38.5 Å². The van der Waals surface area contributed by atoms with Crippen LogP contribution in [0.5, 0.6) is 0 Å². The van der Waals surface area contributed by atoms with Gasteiger partial charge in [0.15, 0.2) is 0 Å². The Hall–Kier alpha value is -1.06. The quantitative estimate of drug-likeness (QED) is 0.642. The molecule has 0 unspecified atom stereocenters. The second-order valence-corrected chi connectivity index (χ2v) is 6.35. The lowest BCUT2D eigenvalue weighted by Crippen LogP contribution is -2.61. The number of carbonyl (C=O) groups excluding carboxylic acids is 2. The Kier molecular flexibility index (Phi) is 2.24. The average Bonchev–Trinajstić information content (AvgIpc) is 2.71. The zero-order valence-corrected chi connectivity index (χ0v) is 10.7. The summed E-state index contributed by atoms with van der Waals surface area (Å²) in [6, 6.07) is 0.818. The monoisotopic (exact) mass is 248 g/mol. The van der Waals surface area contributed by atoms with Crippen molar-refractivity contribution >= 4 is 11.8 Å². The molecular weight excluding hydrogens is 228 g/mol. The molecule has 4 fully saturated rings. The molecule has 18 heavy (non-hydrogen) atoms. The summed E-state index contributed by atoms with van der Waals surface area (Å²) in [5.41, 5.74) is 0. The Labute approximate surface area is 107 Å². The van der Waals surface area contributed by atoms with Crippen LogP contribution in [0.4, 0.5) is 0 Å². The van der Waals surface area contributed by atoms with Crippen LogP contribution >= 0.6 is 0 Å². The molecule has 4 atom stereocenters. The Bertz CT molecular complexity index is 409. The molecule has 0 aromatic heterocycles. The van der Waals surface area contributed by atoms with Crippen LogP contribution in [0.25, 0.3) is 0 Å². The summed E-state index contributed by atoms with van der Waals surface area (Å²) in [5.74, 6) is 1.66. The van der Waals surface area contributed by atoms with Crippen molar-refractivity contribution in [2.24, 2.45) is 11.8 Å². The van der Waals surface area contributed by atoms with E-state index in [2.05, 4.69) is 9.80 Å². The minimum absolute atomic E-state index is 0.334. The fourth-order valence-electron chi connectivity index (χ4n) is 4.85. The van der Waals surface area contributed by atoms with Crippen molar-refractivity contribution in [1.29, 1.82) is 0 Å². The van der Waals surface area contributed by atoms with Crippen LogP contribution in [0, 0.1) is 11.8 Å². The van der Waals surface area contributed by atoms with E-state index in [0.29, 0.717) is 42.2 Å². The van der Waals surface area contributed by atoms with Gasteiger partial charge >= 0.3 is 0 Å². The second kappa shape index (κ2) is 3.72. The Morgan fingerprint density at radius 1 is 1.00 bits per heavy atom. The first-order chi connectivity index (χ1) is 8.75. The number of rotatable bonds is 0. The largest absolute Gasteiger partial charge is 0.339 e. The van der Waals surface area contributed by atoms with Crippen molar-refractivity contribution < 1.29 is 9.59 Å². The van der Waals surface area contributed by atoms with Gasteiger partial charge in [0.25, 0.3) is 0 Å². The summed E-state index contributed by atoms with van der Waals surface area (Å²) < 4.78 is 0. The molecule has 0 radical (unpaired) electrons. The summed E-state index contributed by atoms with van der Waals surface area (Å²) in [6.07, 6.45) is 5.85. The average molecular weight is 248 g/mol. The second-order valence-electron chi connectivity index (χ2n) is 6.35. The highest BCUT2D eigenvalue weighted by atomic mass is 16.2. The number of fused-ring (bicyclic) bond motifs is 2. The summed E-state index contributed by atoms with van der Waals surface area (Å²) >= 11 is 0. The van der Waals surface area contributed by atoms with Gasteiger partial charge in [-0.15, -0.1) is 0 Å². The molecule has 0 saturated carbocycles. The van der Waals surface area contributed by atoms with Gasteiger partial charge in [0.2, 0.25) is 11.8 Å². The number of hydrogen-bond donors (Lipinski definition) is 0. The van der Waals surface area contributed by atoms with Crippen molar-refractivity contribution in [2.75, 3.05) is 13.1 Å². The van der Waals surface area contributed by atoms with E-state index in [9.17, 15) is 9.59 Å². The van der Waals surface area contributed by atoms with E-state index in [1.807, 2.05) is 0 Å². The maximum atomic E-state index is 12.1. The lowest BCUT2D eigenvalue weighted by Gasteiger charge is -2.52. The first-order valence-corrected chi connectivity index (χ1v) is 7.34. The maximum absolute atomic E-state index is 12.1. The molecule has 0 bridgehead atoms. The van der Waals surface area contributed by atoms with E-state index >= 15 is 0 Å². The highest BCUT2D eigenvalue weighted by Gasteiger charge is 2.54. The molecule has 0 aromatic rings. The third kappa shape index (κ3) is 1.32. The molecule has 0 spiro atoms. The number of carbonyl (C=O) groups is 2. The van der Waals surface area contributed by atoms with Crippen molar-refractivity contribution in [2.45, 2.75) is 50.6 Å². The highest BCUT2D eigenvalue weighted by Crippen LogP contribution is 2.45. The van der Waals surface area contributed by atoms with Crippen LogP contribution < -0.4 is 0 Å². The normalized spacial score (nSPS) is 42.9. The topological polar surface area (TPSA) is 40.6 Å². The first-order valence-electron chi connectivity index (χ1n) is 7.34. The maximum Gasteiger partial charge on any atom is 0.223 e. The molecule has 98 valence electrons. The lowest BCUT2D eigenvalue weighted by atomic mass is 9.73. The Morgan fingerprint density at radius 2 is 1.89 bits per heavy atom. The van der Waals surface area contributed by atoms with Crippen LogP contribution in [-0.4, -0.2) is 46.8 Å². The van der Waals surface area contributed by atoms with Gasteiger partial charge < -0.3 is 9.80 Å². The van der Waals surface area contributed by atoms with Crippen molar-refractivity contribution in [3.8, 4) is 0 Å². The fraction of sp³-hybridized carbons (Fsp3) is 0.857. The predicted molar refractivity (Wildman–Crippen MR) is 65.7 cm³/mol. The van der Waals surface area contributed by atoms with E-state index in [4.69, 9.17) is 0 Å². The molecule has 4 heteroatoms. The molecule has 4 aliphatic heterocycles. The third-order valence-corrected chi connectivity index (χ3v) is 5.52. The molecule has 4 aliphatic rings. The first kappa shape index (κ1) is 10.8. The van der Waals surface area contributed by atoms with Gasteiger partial charge in [0, 0.05) is 43.9 Å². The Balaban J connectivity index is 1.70. The van der Waals surface area contributed by atoms with E-state index in [-0.39, 0.29) is 0 Å². The molecule has 4 heterocycles. The molecule has 4 rings (SSSR count). The zero-order chi connectivity index (χ0) is 12.3. The molecule has 0 aromatic carbocycles. The van der Waals surface area contributed by atoms with Crippen molar-refractivity contribution in [3.05, 3.63) is 0 Å². The number of piperidine rings is 3. The van der Waals surface area contributed by atoms with E-state index in [1.54, 1.807) is 0 Å². The van der Waals surface area contributed by atoms with Crippen molar-refractivity contribution in [1.82, 2.24) is 9.80 Å². The van der Waals surface area contributed by atoms with E-state index < -0.39 is 0 Å². The van der Waals surface area contributed by atoms with Crippen molar-refractivity contribution in [3.63, 3.8) is 0 Å². The van der Waals surface area contributed by atoms with Gasteiger partial charge in [0.1, 0.15) is 0 Å². The van der Waals surface area contributed by atoms with E-state index in [0.717, 1.165) is 38.8 Å². The van der Waals surface area contributed by atoms with Crippen LogP contribution in [0.15, 0.2) is 0 Å². The zero-order valence-electron chi connectivity index (χ0n) is 10.7. The fourth-order valence-corrected chi connectivity index (χ4v) is 4.85. The molecule has 2 amide bonds. The smallest absolute Gasteiger partial charge is 0.223 e. The number of amides is 2. The number of hydrogen-bond acceptors (Lipinski definition) is 2. The minimum atomic E-state index is 0.334. The van der Waals surface area contributed by atoms with Crippen LogP contribution in [-0.2, 0) is 9.59 Å². The SMILES string of the molecule is O=C1C[C@H]2[C@@H]3[C@@H](CCCN13)CN1C(=O)CCC[C@H]21. The van der Waals surface area contributed by atoms with Gasteiger partial charge in [0.05, 0.1) is 0 Å². The summed E-state index contributed by atoms with van der Waals surface area (Å²) in [7, 11) is 0. The molecular formula is C14H20N2O2. The molecule has 0 N–H and O–H groups in total. The van der Waals surface area contributed by atoms with Crippen LogP contribution in [0.2, 0.25) is 0 Å². The highest BCUT2D eigenvalue weighted by molar-refractivity contribution is 5.81. The standard InChI is InChI=1S/C14H20N2O2/c17-12-5-1-4-11-10-7-13(18)15-6-2-3-9(14(10)15)8-16(11)12/h9-11,14H,1-8H2/t9-,10+,11+,14-/m0/s1. The van der Waals surface area contributed by atoms with Gasteiger partial charge in [-0.2, -0.15) is 0 Å². The van der Waals surface area contributed by atoms with E-state index in [1.165, 1.54) is 6.42 Å². The van der Waals surface area contributed by atoms with Crippen LogP contribution in [0.3, 0.4) is 0 Å². The number of nitrogens with zero attached hydrogens (tertiary/aromatic N) is 2. The minimum Gasteiger partial charge on any atom is -0.339 e. The molecule has 4 nitrogen and oxygen atoms in total. The summed E-state index contributed by atoms with van der Waals surface area (Å²) in [4.78, 5) is 28.5. The predicted octanol–water partition coefficient (Wildman–Crippen LogP) is 1.01.